The van der Waals surface area contributed by atoms with E-state index in [0.29, 0.717) is 30.9 Å². The number of fused-ring (bicyclic) bond motifs is 1. The van der Waals surface area contributed by atoms with Crippen LogP contribution in [0.4, 0.5) is 4.39 Å². The van der Waals surface area contributed by atoms with Gasteiger partial charge >= 0.3 is 0 Å². The van der Waals surface area contributed by atoms with E-state index >= 15 is 0 Å². The molecule has 0 radical (unpaired) electrons. The van der Waals surface area contributed by atoms with Crippen molar-refractivity contribution in [2.75, 3.05) is 20.3 Å². The molecule has 0 aliphatic carbocycles. The van der Waals surface area contributed by atoms with Gasteiger partial charge in [-0.3, -0.25) is 4.79 Å². The van der Waals surface area contributed by atoms with Gasteiger partial charge in [-0.1, -0.05) is 29.8 Å². The molecule has 0 aliphatic heterocycles. The summed E-state index contributed by atoms with van der Waals surface area (Å²) >= 11 is 0. The van der Waals surface area contributed by atoms with Gasteiger partial charge < -0.3 is 14.1 Å². The summed E-state index contributed by atoms with van der Waals surface area (Å²) in [4.78, 5) is 19.5. The van der Waals surface area contributed by atoms with Crippen molar-refractivity contribution >= 4 is 16.8 Å². The van der Waals surface area contributed by atoms with E-state index in [1.165, 1.54) is 18.4 Å². The molecular formula is C25H23FN2O3. The molecule has 0 fully saturated rings. The average Bonchev–Trinajstić information content (AvgIpc) is 3.31. The summed E-state index contributed by atoms with van der Waals surface area (Å²) in [5, 5.41) is 0.810. The second-order valence-corrected chi connectivity index (χ2v) is 7.40. The Morgan fingerprint density at radius 1 is 1.13 bits per heavy atom. The van der Waals surface area contributed by atoms with Gasteiger partial charge in [0.1, 0.15) is 5.82 Å². The van der Waals surface area contributed by atoms with Crippen molar-refractivity contribution in [1.82, 2.24) is 9.88 Å². The number of ether oxygens (including phenoxy) is 1. The van der Waals surface area contributed by atoms with Crippen LogP contribution in [-0.2, 0) is 11.3 Å². The van der Waals surface area contributed by atoms with E-state index in [2.05, 4.69) is 0 Å². The minimum absolute atomic E-state index is 0.226. The highest BCUT2D eigenvalue weighted by Crippen LogP contribution is 2.28. The van der Waals surface area contributed by atoms with Crippen LogP contribution in [0.3, 0.4) is 0 Å². The van der Waals surface area contributed by atoms with Crippen molar-refractivity contribution in [3.63, 3.8) is 0 Å². The van der Waals surface area contributed by atoms with E-state index in [4.69, 9.17) is 14.1 Å². The number of amides is 1. The Kier molecular flexibility index (Phi) is 6.09. The zero-order valence-corrected chi connectivity index (χ0v) is 17.5. The Balaban J connectivity index is 1.79. The first-order chi connectivity index (χ1) is 15.0. The molecule has 0 saturated heterocycles. The Hall–Kier alpha value is -3.51. The number of hydrogen-bond donors (Lipinski definition) is 0. The number of carbonyl (C=O) groups is 1. The monoisotopic (exact) mass is 418 g/mol. The molecule has 0 N–H and O–H groups in total. The van der Waals surface area contributed by atoms with Crippen LogP contribution in [0.15, 0.2) is 71.3 Å². The highest BCUT2D eigenvalue weighted by Gasteiger charge is 2.21. The summed E-state index contributed by atoms with van der Waals surface area (Å²) in [7, 11) is 1.60. The Labute approximate surface area is 180 Å². The van der Waals surface area contributed by atoms with Crippen molar-refractivity contribution in [3.05, 3.63) is 89.6 Å². The van der Waals surface area contributed by atoms with Gasteiger partial charge in [-0.25, -0.2) is 9.37 Å². The summed E-state index contributed by atoms with van der Waals surface area (Å²) in [6.45, 7) is 3.11. The predicted molar refractivity (Wildman–Crippen MR) is 117 cm³/mol. The molecule has 4 aromatic rings. The van der Waals surface area contributed by atoms with Crippen molar-refractivity contribution < 1.29 is 18.3 Å². The molecule has 2 heterocycles. The van der Waals surface area contributed by atoms with Gasteiger partial charge in [-0.2, -0.15) is 0 Å². The molecular weight excluding hydrogens is 395 g/mol. The lowest BCUT2D eigenvalue weighted by molar-refractivity contribution is 0.0649. The number of benzene rings is 2. The van der Waals surface area contributed by atoms with E-state index in [-0.39, 0.29) is 17.5 Å². The molecule has 31 heavy (non-hydrogen) atoms. The smallest absolute Gasteiger partial charge is 0.289 e. The molecule has 2 aromatic heterocycles. The van der Waals surface area contributed by atoms with Crippen LogP contribution in [0.1, 0.15) is 21.7 Å². The Morgan fingerprint density at radius 2 is 1.94 bits per heavy atom. The normalized spacial score (nSPS) is 11.1. The minimum Gasteiger partial charge on any atom is -0.459 e. The zero-order valence-electron chi connectivity index (χ0n) is 17.5. The highest BCUT2D eigenvalue weighted by molar-refractivity contribution is 5.91. The SMILES string of the molecule is COCCN(Cc1cc2ccc(F)cc2nc1-c1ccc(C)cc1)C(=O)c1ccco1. The van der Waals surface area contributed by atoms with Crippen LogP contribution in [0.5, 0.6) is 0 Å². The maximum atomic E-state index is 13.8. The van der Waals surface area contributed by atoms with Crippen molar-refractivity contribution in [2.45, 2.75) is 13.5 Å². The number of methoxy groups -OCH3 is 1. The third kappa shape index (κ3) is 4.64. The van der Waals surface area contributed by atoms with Crippen molar-refractivity contribution in [3.8, 4) is 11.3 Å². The fourth-order valence-corrected chi connectivity index (χ4v) is 3.48. The van der Waals surface area contributed by atoms with Crippen LogP contribution in [0.2, 0.25) is 0 Å². The molecule has 5 nitrogen and oxygen atoms in total. The lowest BCUT2D eigenvalue weighted by Gasteiger charge is -2.23. The Morgan fingerprint density at radius 3 is 2.65 bits per heavy atom. The Bertz CT molecular complexity index is 1190. The summed E-state index contributed by atoms with van der Waals surface area (Å²) in [5.74, 6) is -0.294. The van der Waals surface area contributed by atoms with Crippen molar-refractivity contribution in [1.29, 1.82) is 0 Å². The van der Waals surface area contributed by atoms with Crippen LogP contribution in [-0.4, -0.2) is 36.1 Å². The molecule has 1 amide bonds. The summed E-state index contributed by atoms with van der Waals surface area (Å²) in [6.07, 6.45) is 1.48. The molecule has 0 spiro atoms. The number of halogens is 1. The van der Waals surface area contributed by atoms with Crippen LogP contribution in [0.25, 0.3) is 22.2 Å². The molecule has 158 valence electrons. The first-order valence-electron chi connectivity index (χ1n) is 10.0. The maximum Gasteiger partial charge on any atom is 0.289 e. The molecule has 0 atom stereocenters. The summed E-state index contributed by atoms with van der Waals surface area (Å²) in [6, 6.07) is 17.8. The largest absolute Gasteiger partial charge is 0.459 e. The van der Waals surface area contributed by atoms with E-state index < -0.39 is 0 Å². The van der Waals surface area contributed by atoms with Crippen LogP contribution in [0, 0.1) is 12.7 Å². The molecule has 0 saturated carbocycles. The van der Waals surface area contributed by atoms with Gasteiger partial charge in [0.2, 0.25) is 0 Å². The number of aryl methyl sites for hydroxylation is 1. The van der Waals surface area contributed by atoms with Crippen LogP contribution < -0.4 is 0 Å². The molecule has 6 heteroatoms. The van der Waals surface area contributed by atoms with Crippen molar-refractivity contribution in [2.24, 2.45) is 0 Å². The zero-order chi connectivity index (χ0) is 21.8. The maximum absolute atomic E-state index is 13.8. The molecule has 2 aromatic carbocycles. The molecule has 0 unspecified atom stereocenters. The molecule has 4 rings (SSSR count). The second-order valence-electron chi connectivity index (χ2n) is 7.40. The van der Waals surface area contributed by atoms with Gasteiger partial charge in [0.25, 0.3) is 5.91 Å². The first kappa shape index (κ1) is 20.8. The fourth-order valence-electron chi connectivity index (χ4n) is 3.48. The molecule has 0 aliphatic rings. The van der Waals surface area contributed by atoms with Gasteiger partial charge in [-0.05, 0) is 42.8 Å². The van der Waals surface area contributed by atoms with Gasteiger partial charge in [-0.15, -0.1) is 0 Å². The lowest BCUT2D eigenvalue weighted by Crippen LogP contribution is -2.33. The van der Waals surface area contributed by atoms with E-state index in [9.17, 15) is 9.18 Å². The number of pyridine rings is 1. The van der Waals surface area contributed by atoms with E-state index in [1.807, 2.05) is 37.3 Å². The average molecular weight is 418 g/mol. The highest BCUT2D eigenvalue weighted by atomic mass is 19.1. The van der Waals surface area contributed by atoms with Gasteiger partial charge in [0, 0.05) is 37.2 Å². The summed E-state index contributed by atoms with van der Waals surface area (Å²) in [5.41, 5.74) is 4.18. The lowest BCUT2D eigenvalue weighted by atomic mass is 10.0. The second kappa shape index (κ2) is 9.10. The topological polar surface area (TPSA) is 55.6 Å². The fraction of sp³-hybridized carbons (Fsp3) is 0.200. The number of hydrogen-bond acceptors (Lipinski definition) is 4. The van der Waals surface area contributed by atoms with Gasteiger partial charge in [0.15, 0.2) is 5.76 Å². The van der Waals surface area contributed by atoms with E-state index in [1.54, 1.807) is 30.2 Å². The quantitative estimate of drug-likeness (QED) is 0.412. The number of aromatic nitrogens is 1. The first-order valence-corrected chi connectivity index (χ1v) is 10.0. The third-order valence-electron chi connectivity index (χ3n) is 5.13. The summed E-state index contributed by atoms with van der Waals surface area (Å²) < 4.78 is 24.3. The molecule has 0 bridgehead atoms. The minimum atomic E-state index is -0.336. The van der Waals surface area contributed by atoms with Gasteiger partial charge in [0.05, 0.1) is 24.1 Å². The number of carbonyl (C=O) groups excluding carboxylic acids is 1. The predicted octanol–water partition coefficient (Wildman–Crippen LogP) is 5.23. The number of furan rings is 1. The van der Waals surface area contributed by atoms with E-state index in [0.717, 1.165) is 22.1 Å². The standard InChI is InChI=1S/C25H23FN2O3/c1-17-5-7-18(8-6-17)24-20(14-19-9-10-21(26)15-22(19)27-24)16-28(11-13-30-2)25(29)23-4-3-12-31-23/h3-10,12,14-15H,11,13,16H2,1-2H3. The third-order valence-corrected chi connectivity index (χ3v) is 5.13. The van der Waals surface area contributed by atoms with Crippen LogP contribution >= 0.6 is 0 Å². The number of nitrogens with zero attached hydrogens (tertiary/aromatic N) is 2. The number of rotatable bonds is 7.